The van der Waals surface area contributed by atoms with Crippen LogP contribution in [0.25, 0.3) is 0 Å². The summed E-state index contributed by atoms with van der Waals surface area (Å²) >= 11 is 0. The van der Waals surface area contributed by atoms with E-state index in [0.29, 0.717) is 0 Å². The molecule has 1 aliphatic rings. The van der Waals surface area contributed by atoms with Crippen molar-refractivity contribution in [1.82, 2.24) is 0 Å². The summed E-state index contributed by atoms with van der Waals surface area (Å²) in [4.78, 5) is 4.92. The molecule has 1 aromatic carbocycles. The Morgan fingerprint density at radius 2 is 2.18 bits per heavy atom. The lowest BCUT2D eigenvalue weighted by atomic mass is 10.1. The molecule has 1 atom stereocenters. The average Bonchev–Trinajstić information content (AvgIpc) is 2.29. The largest absolute Gasteiger partial charge is 0.360 e. The Hall–Kier alpha value is -1.06. The van der Waals surface area contributed by atoms with Crippen LogP contribution >= 0.6 is 0 Å². The number of fused-ring (bicyclic) bond motifs is 1. The third-order valence-electron chi connectivity index (χ3n) is 1.79. The van der Waals surface area contributed by atoms with Crippen LogP contribution in [-0.2, 0) is 10.6 Å². The fourth-order valence-electron chi connectivity index (χ4n) is 1.19. The lowest BCUT2D eigenvalue weighted by molar-refractivity contribution is -0.166. The van der Waals surface area contributed by atoms with Crippen molar-refractivity contribution < 1.29 is 9.94 Å². The fraction of sp³-hybridized carbons (Fsp3) is 0.250. The third-order valence-corrected chi connectivity index (χ3v) is 1.79. The smallest absolute Gasteiger partial charge is 0.216 e. The molecule has 3 nitrogen and oxygen atoms in total. The Kier molecular flexibility index (Phi) is 1.19. The Balaban J connectivity index is 2.56. The van der Waals surface area contributed by atoms with Crippen molar-refractivity contribution in [2.75, 3.05) is 5.48 Å². The van der Waals surface area contributed by atoms with E-state index in [2.05, 4.69) is 5.48 Å². The van der Waals surface area contributed by atoms with Crippen molar-refractivity contribution in [3.05, 3.63) is 29.8 Å². The predicted octanol–water partition coefficient (Wildman–Crippen LogP) is 1.21. The van der Waals surface area contributed by atoms with Crippen LogP contribution in [0.5, 0.6) is 0 Å². The zero-order valence-corrected chi connectivity index (χ0v) is 6.16. The molecular formula is C8H9NO2. The maximum absolute atomic E-state index is 9.56. The van der Waals surface area contributed by atoms with Crippen LogP contribution in [0, 0.1) is 0 Å². The van der Waals surface area contributed by atoms with Gasteiger partial charge in [-0.2, -0.15) is 0 Å². The molecule has 0 fully saturated rings. The van der Waals surface area contributed by atoms with Gasteiger partial charge < -0.3 is 5.11 Å². The standard InChI is InChI=1S/C8H9NO2/c1-8(10)6-4-2-3-5-7(6)9-11-8/h2-5,9-10H,1H3. The summed E-state index contributed by atoms with van der Waals surface area (Å²) in [6.07, 6.45) is 0. The topological polar surface area (TPSA) is 41.5 Å². The van der Waals surface area contributed by atoms with Crippen LogP contribution in [0.1, 0.15) is 12.5 Å². The van der Waals surface area contributed by atoms with Crippen LogP contribution in [-0.4, -0.2) is 5.11 Å². The summed E-state index contributed by atoms with van der Waals surface area (Å²) in [5, 5.41) is 9.56. The minimum absolute atomic E-state index is 0.778. The van der Waals surface area contributed by atoms with Gasteiger partial charge in [0.1, 0.15) is 0 Å². The summed E-state index contributed by atoms with van der Waals surface area (Å²) in [7, 11) is 0. The van der Waals surface area contributed by atoms with E-state index >= 15 is 0 Å². The lowest BCUT2D eigenvalue weighted by Crippen LogP contribution is -2.20. The first-order chi connectivity index (χ1) is 5.20. The maximum Gasteiger partial charge on any atom is 0.216 e. The molecule has 0 amide bonds. The van der Waals surface area contributed by atoms with Crippen LogP contribution in [0.2, 0.25) is 0 Å². The number of rotatable bonds is 0. The Labute approximate surface area is 64.6 Å². The summed E-state index contributed by atoms with van der Waals surface area (Å²) in [6.45, 7) is 1.60. The summed E-state index contributed by atoms with van der Waals surface area (Å²) in [6, 6.07) is 7.44. The monoisotopic (exact) mass is 151 g/mol. The zero-order valence-electron chi connectivity index (χ0n) is 6.16. The molecule has 0 saturated heterocycles. The van der Waals surface area contributed by atoms with E-state index in [1.807, 2.05) is 24.3 Å². The van der Waals surface area contributed by atoms with Crippen LogP contribution in [0.3, 0.4) is 0 Å². The normalized spacial score (nSPS) is 27.8. The molecule has 1 aliphatic heterocycles. The Morgan fingerprint density at radius 1 is 1.45 bits per heavy atom. The minimum Gasteiger partial charge on any atom is -0.360 e. The van der Waals surface area contributed by atoms with E-state index in [9.17, 15) is 5.11 Å². The molecule has 0 aromatic heterocycles. The maximum atomic E-state index is 9.56. The lowest BCUT2D eigenvalue weighted by Gasteiger charge is -2.13. The van der Waals surface area contributed by atoms with Crippen molar-refractivity contribution in [1.29, 1.82) is 0 Å². The van der Waals surface area contributed by atoms with Gasteiger partial charge in [-0.3, -0.25) is 5.48 Å². The summed E-state index contributed by atoms with van der Waals surface area (Å²) < 4.78 is 0. The molecule has 0 bridgehead atoms. The molecule has 11 heavy (non-hydrogen) atoms. The van der Waals surface area contributed by atoms with E-state index in [4.69, 9.17) is 4.84 Å². The minimum atomic E-state index is -1.18. The molecule has 0 radical (unpaired) electrons. The highest BCUT2D eigenvalue weighted by Gasteiger charge is 2.33. The average molecular weight is 151 g/mol. The Bertz CT molecular complexity index is 283. The second kappa shape index (κ2) is 1.96. The van der Waals surface area contributed by atoms with Gasteiger partial charge in [0.05, 0.1) is 5.69 Å². The molecule has 3 heteroatoms. The first kappa shape index (κ1) is 6.64. The second-order valence-corrected chi connectivity index (χ2v) is 2.73. The molecule has 58 valence electrons. The van der Waals surface area contributed by atoms with E-state index in [0.717, 1.165) is 11.3 Å². The van der Waals surface area contributed by atoms with E-state index in [1.165, 1.54) is 0 Å². The van der Waals surface area contributed by atoms with Gasteiger partial charge in [0, 0.05) is 5.56 Å². The van der Waals surface area contributed by atoms with Crippen molar-refractivity contribution in [2.24, 2.45) is 0 Å². The quantitative estimate of drug-likeness (QED) is 0.585. The van der Waals surface area contributed by atoms with Gasteiger partial charge in [-0.25, -0.2) is 4.84 Å². The third kappa shape index (κ3) is 0.895. The van der Waals surface area contributed by atoms with Crippen molar-refractivity contribution in [3.63, 3.8) is 0 Å². The zero-order chi connectivity index (χ0) is 7.90. The number of aliphatic hydroxyl groups is 1. The van der Waals surface area contributed by atoms with Gasteiger partial charge in [-0.15, -0.1) is 0 Å². The van der Waals surface area contributed by atoms with Crippen LogP contribution < -0.4 is 5.48 Å². The molecular weight excluding hydrogens is 142 g/mol. The number of nitrogens with one attached hydrogen (secondary N) is 1. The molecule has 0 aliphatic carbocycles. The van der Waals surface area contributed by atoms with Gasteiger partial charge in [-0.05, 0) is 13.0 Å². The van der Waals surface area contributed by atoms with Gasteiger partial charge in [0.25, 0.3) is 0 Å². The number of benzene rings is 1. The SMILES string of the molecule is CC1(O)ONc2ccccc21. The molecule has 2 N–H and O–H groups in total. The first-order valence-electron chi connectivity index (χ1n) is 3.46. The van der Waals surface area contributed by atoms with Gasteiger partial charge in [0.15, 0.2) is 0 Å². The van der Waals surface area contributed by atoms with Crippen LogP contribution in [0.15, 0.2) is 24.3 Å². The molecule has 0 spiro atoms. The molecule has 1 unspecified atom stereocenters. The summed E-state index contributed by atoms with van der Waals surface area (Å²) in [5.74, 6) is -1.18. The summed E-state index contributed by atoms with van der Waals surface area (Å²) in [5.41, 5.74) is 4.25. The predicted molar refractivity (Wildman–Crippen MR) is 40.7 cm³/mol. The molecule has 1 aromatic rings. The van der Waals surface area contributed by atoms with E-state index in [1.54, 1.807) is 6.92 Å². The van der Waals surface area contributed by atoms with Gasteiger partial charge in [-0.1, -0.05) is 18.2 Å². The van der Waals surface area contributed by atoms with Crippen molar-refractivity contribution in [3.8, 4) is 0 Å². The van der Waals surface area contributed by atoms with Crippen LogP contribution in [0.4, 0.5) is 5.69 Å². The highest BCUT2D eigenvalue weighted by Crippen LogP contribution is 2.34. The Morgan fingerprint density at radius 3 is 2.91 bits per heavy atom. The second-order valence-electron chi connectivity index (χ2n) is 2.73. The highest BCUT2D eigenvalue weighted by atomic mass is 16.7. The van der Waals surface area contributed by atoms with Gasteiger partial charge in [0.2, 0.25) is 5.79 Å². The van der Waals surface area contributed by atoms with Crippen molar-refractivity contribution >= 4 is 5.69 Å². The molecule has 1 heterocycles. The van der Waals surface area contributed by atoms with Gasteiger partial charge >= 0.3 is 0 Å². The van der Waals surface area contributed by atoms with Crippen molar-refractivity contribution in [2.45, 2.75) is 12.7 Å². The number of anilines is 1. The van der Waals surface area contributed by atoms with E-state index in [-0.39, 0.29) is 0 Å². The highest BCUT2D eigenvalue weighted by molar-refractivity contribution is 5.54. The number of hydrogen-bond acceptors (Lipinski definition) is 3. The molecule has 0 saturated carbocycles. The molecule has 2 rings (SSSR count). The first-order valence-corrected chi connectivity index (χ1v) is 3.46. The number of para-hydroxylation sites is 1. The van der Waals surface area contributed by atoms with E-state index < -0.39 is 5.79 Å². The number of hydrogen-bond donors (Lipinski definition) is 2. The fourth-order valence-corrected chi connectivity index (χ4v) is 1.19.